The minimum absolute atomic E-state index is 0.0220. The molecule has 2 heterocycles. The van der Waals surface area contributed by atoms with Gasteiger partial charge in [0.25, 0.3) is 5.91 Å². The maximum Gasteiger partial charge on any atom is 0.256 e. The lowest BCUT2D eigenvalue weighted by molar-refractivity contribution is -0.117. The maximum atomic E-state index is 12.8. The van der Waals surface area contributed by atoms with Crippen LogP contribution in [-0.4, -0.2) is 43.5 Å². The van der Waals surface area contributed by atoms with Crippen molar-refractivity contribution in [2.24, 2.45) is 0 Å². The molecule has 2 saturated heterocycles. The maximum absolute atomic E-state index is 12.8. The SMILES string of the molecule is O=C(Nc1ccc(N2CCCC2=O)cc1)c1ccccc1S[C@@H]1CCS(=O)(=O)C1. The number of hydrogen-bond donors (Lipinski definition) is 1. The standard InChI is InChI=1S/C21H22N2O4S2/c24-20-6-3-12-23(20)16-9-7-15(8-10-16)22-21(25)18-4-1-2-5-19(18)28-17-11-13-29(26,27)14-17/h1-2,4-5,7-10,17H,3,6,11-14H2,(H,22,25)/t17-/m1/s1. The van der Waals surface area contributed by atoms with Crippen LogP contribution in [0.25, 0.3) is 0 Å². The Morgan fingerprint density at radius 1 is 1.10 bits per heavy atom. The lowest BCUT2D eigenvalue weighted by Crippen LogP contribution is -2.23. The second-order valence-electron chi connectivity index (χ2n) is 7.29. The van der Waals surface area contributed by atoms with Crippen molar-refractivity contribution in [3.63, 3.8) is 0 Å². The summed E-state index contributed by atoms with van der Waals surface area (Å²) in [6, 6.07) is 14.5. The molecular weight excluding hydrogens is 408 g/mol. The number of nitrogens with zero attached hydrogens (tertiary/aromatic N) is 1. The summed E-state index contributed by atoms with van der Waals surface area (Å²) in [6.07, 6.45) is 2.06. The Labute approximate surface area is 174 Å². The molecule has 1 atom stereocenters. The first-order chi connectivity index (χ1) is 13.9. The van der Waals surface area contributed by atoms with Gasteiger partial charge < -0.3 is 10.2 Å². The van der Waals surface area contributed by atoms with Gasteiger partial charge in [0.1, 0.15) is 0 Å². The molecule has 8 heteroatoms. The molecule has 2 aromatic carbocycles. The van der Waals surface area contributed by atoms with Crippen molar-refractivity contribution in [3.05, 3.63) is 54.1 Å². The summed E-state index contributed by atoms with van der Waals surface area (Å²) < 4.78 is 23.4. The molecule has 0 radical (unpaired) electrons. The van der Waals surface area contributed by atoms with E-state index >= 15 is 0 Å². The van der Waals surface area contributed by atoms with E-state index in [1.54, 1.807) is 29.2 Å². The highest BCUT2D eigenvalue weighted by Gasteiger charge is 2.29. The van der Waals surface area contributed by atoms with Crippen LogP contribution in [0.5, 0.6) is 0 Å². The second kappa shape index (κ2) is 8.20. The Kier molecular flexibility index (Phi) is 5.65. The number of hydrogen-bond acceptors (Lipinski definition) is 5. The summed E-state index contributed by atoms with van der Waals surface area (Å²) in [6.45, 7) is 0.728. The molecule has 4 rings (SSSR count). The van der Waals surface area contributed by atoms with Gasteiger partial charge in [-0.25, -0.2) is 8.42 Å². The van der Waals surface area contributed by atoms with Crippen LogP contribution in [0.3, 0.4) is 0 Å². The number of nitrogens with one attached hydrogen (secondary N) is 1. The van der Waals surface area contributed by atoms with Crippen molar-refractivity contribution < 1.29 is 18.0 Å². The van der Waals surface area contributed by atoms with Crippen molar-refractivity contribution in [3.8, 4) is 0 Å². The minimum Gasteiger partial charge on any atom is -0.322 e. The van der Waals surface area contributed by atoms with E-state index in [9.17, 15) is 18.0 Å². The first-order valence-electron chi connectivity index (χ1n) is 9.59. The third-order valence-corrected chi connectivity index (χ3v) is 8.45. The van der Waals surface area contributed by atoms with Gasteiger partial charge in [0, 0.05) is 34.5 Å². The average molecular weight is 431 g/mol. The van der Waals surface area contributed by atoms with Gasteiger partial charge in [-0.1, -0.05) is 12.1 Å². The van der Waals surface area contributed by atoms with E-state index in [2.05, 4.69) is 5.32 Å². The second-order valence-corrected chi connectivity index (χ2v) is 10.9. The summed E-state index contributed by atoms with van der Waals surface area (Å²) in [5, 5.41) is 2.87. The third-order valence-electron chi connectivity index (χ3n) is 5.13. The number of carbonyl (C=O) groups excluding carboxylic acids is 2. The van der Waals surface area contributed by atoms with Crippen LogP contribution in [0.2, 0.25) is 0 Å². The van der Waals surface area contributed by atoms with Crippen molar-refractivity contribution >= 4 is 44.8 Å². The fraction of sp³-hybridized carbons (Fsp3) is 0.333. The Hall–Kier alpha value is -2.32. The van der Waals surface area contributed by atoms with Gasteiger partial charge in [0.05, 0.1) is 17.1 Å². The van der Waals surface area contributed by atoms with Gasteiger partial charge in [-0.05, 0) is 49.2 Å². The molecule has 0 aliphatic carbocycles. The molecule has 2 amide bonds. The zero-order valence-corrected chi connectivity index (χ0v) is 17.5. The van der Waals surface area contributed by atoms with E-state index in [-0.39, 0.29) is 28.6 Å². The molecular formula is C21H22N2O4S2. The van der Waals surface area contributed by atoms with E-state index < -0.39 is 9.84 Å². The van der Waals surface area contributed by atoms with E-state index in [4.69, 9.17) is 0 Å². The smallest absolute Gasteiger partial charge is 0.256 e. The topological polar surface area (TPSA) is 83.6 Å². The lowest BCUT2D eigenvalue weighted by Gasteiger charge is -2.16. The van der Waals surface area contributed by atoms with Crippen molar-refractivity contribution in [1.82, 2.24) is 0 Å². The van der Waals surface area contributed by atoms with Crippen LogP contribution in [0.15, 0.2) is 53.4 Å². The first-order valence-corrected chi connectivity index (χ1v) is 12.3. The molecule has 29 heavy (non-hydrogen) atoms. The molecule has 2 aromatic rings. The Bertz CT molecular complexity index is 1030. The lowest BCUT2D eigenvalue weighted by atomic mass is 10.2. The minimum atomic E-state index is -2.96. The highest BCUT2D eigenvalue weighted by Crippen LogP contribution is 2.33. The van der Waals surface area contributed by atoms with Crippen LogP contribution in [-0.2, 0) is 14.6 Å². The molecule has 2 aliphatic rings. The summed E-state index contributed by atoms with van der Waals surface area (Å²) in [7, 11) is -2.96. The molecule has 2 fully saturated rings. The molecule has 6 nitrogen and oxygen atoms in total. The summed E-state index contributed by atoms with van der Waals surface area (Å²) >= 11 is 1.45. The molecule has 152 valence electrons. The predicted molar refractivity (Wildman–Crippen MR) is 115 cm³/mol. The van der Waals surface area contributed by atoms with E-state index in [0.717, 1.165) is 23.5 Å². The molecule has 0 saturated carbocycles. The van der Waals surface area contributed by atoms with E-state index in [1.165, 1.54) is 11.8 Å². The largest absolute Gasteiger partial charge is 0.322 e. The molecule has 0 bridgehead atoms. The quantitative estimate of drug-likeness (QED) is 0.787. The van der Waals surface area contributed by atoms with Gasteiger partial charge >= 0.3 is 0 Å². The Morgan fingerprint density at radius 3 is 2.52 bits per heavy atom. The number of anilines is 2. The average Bonchev–Trinajstić information content (AvgIpc) is 3.27. The fourth-order valence-electron chi connectivity index (χ4n) is 3.63. The molecule has 0 unspecified atom stereocenters. The first kappa shape index (κ1) is 20.0. The zero-order chi connectivity index (χ0) is 20.4. The van der Waals surface area contributed by atoms with Crippen molar-refractivity contribution in [2.75, 3.05) is 28.3 Å². The zero-order valence-electron chi connectivity index (χ0n) is 15.8. The number of sulfone groups is 1. The molecule has 0 spiro atoms. The van der Waals surface area contributed by atoms with Crippen LogP contribution < -0.4 is 10.2 Å². The van der Waals surface area contributed by atoms with Crippen LogP contribution in [0.4, 0.5) is 11.4 Å². The summed E-state index contributed by atoms with van der Waals surface area (Å²) in [5.74, 6) is 0.260. The van der Waals surface area contributed by atoms with E-state index in [0.29, 0.717) is 24.1 Å². The highest BCUT2D eigenvalue weighted by molar-refractivity contribution is 8.02. The van der Waals surface area contributed by atoms with Crippen LogP contribution >= 0.6 is 11.8 Å². The predicted octanol–water partition coefficient (Wildman–Crippen LogP) is 3.34. The van der Waals surface area contributed by atoms with Gasteiger partial charge in [-0.2, -0.15) is 0 Å². The number of rotatable bonds is 5. The van der Waals surface area contributed by atoms with Crippen molar-refractivity contribution in [1.29, 1.82) is 0 Å². The fourth-order valence-corrected chi connectivity index (χ4v) is 7.26. The van der Waals surface area contributed by atoms with Gasteiger partial charge in [-0.3, -0.25) is 9.59 Å². The number of carbonyl (C=O) groups is 2. The van der Waals surface area contributed by atoms with Crippen molar-refractivity contribution in [2.45, 2.75) is 29.4 Å². The van der Waals surface area contributed by atoms with Gasteiger partial charge in [0.2, 0.25) is 5.91 Å². The highest BCUT2D eigenvalue weighted by atomic mass is 32.2. The number of benzene rings is 2. The number of amides is 2. The number of thioether (sulfide) groups is 1. The van der Waals surface area contributed by atoms with E-state index in [1.807, 2.05) is 24.3 Å². The van der Waals surface area contributed by atoms with Gasteiger partial charge in [0.15, 0.2) is 9.84 Å². The molecule has 2 aliphatic heterocycles. The summed E-state index contributed by atoms with van der Waals surface area (Å²) in [4.78, 5) is 27.2. The summed E-state index contributed by atoms with van der Waals surface area (Å²) in [5.41, 5.74) is 2.01. The van der Waals surface area contributed by atoms with Gasteiger partial charge in [-0.15, -0.1) is 11.8 Å². The third kappa shape index (κ3) is 4.64. The monoisotopic (exact) mass is 430 g/mol. The molecule has 0 aromatic heterocycles. The Balaban J connectivity index is 1.45. The Morgan fingerprint density at radius 2 is 1.86 bits per heavy atom. The van der Waals surface area contributed by atoms with Crippen LogP contribution in [0, 0.1) is 0 Å². The van der Waals surface area contributed by atoms with Crippen LogP contribution in [0.1, 0.15) is 29.6 Å². The molecule has 1 N–H and O–H groups in total. The normalized spacial score (nSPS) is 20.8.